The number of ether oxygens (including phenoxy) is 1. The molecule has 0 aliphatic heterocycles. The van der Waals surface area contributed by atoms with Crippen LogP contribution in [0, 0.1) is 0 Å². The molecule has 0 aromatic heterocycles. The van der Waals surface area contributed by atoms with Crippen LogP contribution < -0.4 is 5.32 Å². The monoisotopic (exact) mass is 422 g/mol. The van der Waals surface area contributed by atoms with Crippen LogP contribution >= 0.6 is 8.25 Å². The summed E-state index contributed by atoms with van der Waals surface area (Å²) in [4.78, 5) is 11.5. The van der Waals surface area contributed by atoms with E-state index in [0.29, 0.717) is 22.5 Å². The van der Waals surface area contributed by atoms with Crippen LogP contribution in [-0.2, 0) is 28.1 Å². The first kappa shape index (κ1) is 13.7. The van der Waals surface area contributed by atoms with Gasteiger partial charge in [0.1, 0.15) is 0 Å². The summed E-state index contributed by atoms with van der Waals surface area (Å²) in [6.07, 6.45) is 5.44. The zero-order valence-electron chi connectivity index (χ0n) is 9.34. The number of amides is 1. The van der Waals surface area contributed by atoms with Crippen molar-refractivity contribution in [2.24, 2.45) is 0 Å². The summed E-state index contributed by atoms with van der Waals surface area (Å²) < 4.78 is 4.62. The zero-order valence-corrected chi connectivity index (χ0v) is 15.6. The molecule has 0 heterocycles. The van der Waals surface area contributed by atoms with Gasteiger partial charge in [0.05, 0.1) is 0 Å². The van der Waals surface area contributed by atoms with Gasteiger partial charge in [0, 0.05) is 0 Å². The van der Waals surface area contributed by atoms with Gasteiger partial charge in [0.2, 0.25) is 0 Å². The molecule has 1 saturated carbocycles. The van der Waals surface area contributed by atoms with Crippen molar-refractivity contribution < 1.29 is 32.9 Å². The van der Waals surface area contributed by atoms with E-state index in [9.17, 15) is 4.79 Å². The third kappa shape index (κ3) is 5.00. The first-order valence-corrected chi connectivity index (χ1v) is 15.6. The Balaban J connectivity index is 2.30. The second-order valence-corrected chi connectivity index (χ2v) is 12.1. The Hall–Kier alpha value is 0.655. The summed E-state index contributed by atoms with van der Waals surface area (Å²) in [5.41, 5.74) is 0. The van der Waals surface area contributed by atoms with E-state index < -0.39 is 23.3 Å². The van der Waals surface area contributed by atoms with Crippen LogP contribution in [0.25, 0.3) is 0 Å². The number of hydrogen-bond acceptors (Lipinski definition) is 1. The van der Waals surface area contributed by atoms with Crippen LogP contribution in [0.3, 0.4) is 0 Å². The van der Waals surface area contributed by atoms with E-state index >= 15 is 0 Å². The van der Waals surface area contributed by atoms with Crippen LogP contribution in [0.1, 0.15) is 32.1 Å². The SMILES string of the molecule is C[OH+]CCC(=O)NC1CCCC[CH]1[Hg][Cl]. The molecule has 1 rings (SSSR count). The molecule has 3 nitrogen and oxygen atoms in total. The Morgan fingerprint density at radius 3 is 2.93 bits per heavy atom. The van der Waals surface area contributed by atoms with Crippen LogP contribution in [0.15, 0.2) is 0 Å². The molecule has 0 radical (unpaired) electrons. The Morgan fingerprint density at radius 2 is 2.27 bits per heavy atom. The van der Waals surface area contributed by atoms with E-state index in [1.807, 2.05) is 0 Å². The molecule has 15 heavy (non-hydrogen) atoms. The van der Waals surface area contributed by atoms with Gasteiger partial charge in [0.15, 0.2) is 0 Å². The molecule has 1 aliphatic rings. The van der Waals surface area contributed by atoms with Gasteiger partial charge < -0.3 is 0 Å². The van der Waals surface area contributed by atoms with Crippen LogP contribution in [0.2, 0.25) is 3.43 Å². The fourth-order valence-corrected chi connectivity index (χ4v) is 9.25. The van der Waals surface area contributed by atoms with Crippen LogP contribution in [-0.4, -0.2) is 30.4 Å². The van der Waals surface area contributed by atoms with Crippen molar-refractivity contribution in [3.05, 3.63) is 0 Å². The molecule has 0 aromatic carbocycles. The van der Waals surface area contributed by atoms with Gasteiger partial charge >= 0.3 is 108 Å². The number of hydrogen-bond donors (Lipinski definition) is 1. The minimum absolute atomic E-state index is 0.149. The molecule has 2 atom stereocenters. The molecule has 0 saturated heterocycles. The normalized spacial score (nSPS) is 25.7. The number of carbonyl (C=O) groups is 1. The van der Waals surface area contributed by atoms with Gasteiger partial charge in [-0.15, -0.1) is 0 Å². The summed E-state index contributed by atoms with van der Waals surface area (Å²) in [5.74, 6) is 0.149. The average Bonchev–Trinajstić information content (AvgIpc) is 2.27. The second kappa shape index (κ2) is 7.85. The van der Waals surface area contributed by atoms with Crippen molar-refractivity contribution in [1.82, 2.24) is 5.32 Å². The summed E-state index contributed by atoms with van der Waals surface area (Å²) in [6.45, 7) is 0.633. The van der Waals surface area contributed by atoms with Crippen LogP contribution in [0.5, 0.6) is 0 Å². The van der Waals surface area contributed by atoms with E-state index in [4.69, 9.17) is 8.25 Å². The third-order valence-corrected chi connectivity index (χ3v) is 11.8. The third-order valence-electron chi connectivity index (χ3n) is 3.02. The van der Waals surface area contributed by atoms with Crippen molar-refractivity contribution in [2.75, 3.05) is 13.7 Å². The molecule has 1 fully saturated rings. The van der Waals surface area contributed by atoms with E-state index in [-0.39, 0.29) is 5.91 Å². The number of nitrogens with one attached hydrogen (secondary N) is 1. The van der Waals surface area contributed by atoms with E-state index in [2.05, 4.69) is 10.1 Å². The Kier molecular flexibility index (Phi) is 7.18. The predicted octanol–water partition coefficient (Wildman–Crippen LogP) is 1.62. The summed E-state index contributed by atoms with van der Waals surface area (Å²) in [6, 6.07) is 0.391. The van der Waals surface area contributed by atoms with E-state index in [0.717, 1.165) is 6.42 Å². The standard InChI is InChI=1S/C10H18NO2.ClH.Hg/c1-13-8-7-10(12)11-9-5-3-2-4-6-9;;/h5,9H,2-4,6-8H2,1H3,(H,11,12);1H;/q;;+1. The molecule has 2 N–H and O–H groups in total. The van der Waals surface area contributed by atoms with Gasteiger partial charge in [0.25, 0.3) is 0 Å². The minimum atomic E-state index is -1.21. The summed E-state index contributed by atoms with van der Waals surface area (Å²) >= 11 is -1.21. The number of halogens is 1. The van der Waals surface area contributed by atoms with Crippen LogP contribution in [0.4, 0.5) is 0 Å². The van der Waals surface area contributed by atoms with Gasteiger partial charge in [-0.3, -0.25) is 0 Å². The number of rotatable bonds is 5. The molecule has 2 unspecified atom stereocenters. The fourth-order valence-electron chi connectivity index (χ4n) is 2.07. The molecule has 5 heteroatoms. The Bertz CT molecular complexity index is 204. The van der Waals surface area contributed by atoms with Gasteiger partial charge in [-0.05, 0) is 0 Å². The quantitative estimate of drug-likeness (QED) is 0.532. The molecular formula is C10H19ClHgNO2+. The number of aliphatic hydroxyl groups is 2. The van der Waals surface area contributed by atoms with Crippen molar-refractivity contribution in [3.8, 4) is 0 Å². The molecule has 1 aliphatic carbocycles. The second-order valence-electron chi connectivity index (χ2n) is 4.16. The molecule has 0 bridgehead atoms. The maximum atomic E-state index is 11.5. The van der Waals surface area contributed by atoms with E-state index in [1.165, 1.54) is 19.3 Å². The first-order chi connectivity index (χ1) is 7.27. The summed E-state index contributed by atoms with van der Waals surface area (Å²) in [7, 11) is 7.86. The summed E-state index contributed by atoms with van der Waals surface area (Å²) in [5, 5.41) is 3.13. The van der Waals surface area contributed by atoms with Crippen molar-refractivity contribution in [2.45, 2.75) is 41.6 Å². The number of carbonyl (C=O) groups excluding carboxylic acids is 1. The predicted molar refractivity (Wildman–Crippen MR) is 57.6 cm³/mol. The zero-order chi connectivity index (χ0) is 11.1. The molecular weight excluding hydrogens is 402 g/mol. The van der Waals surface area contributed by atoms with Crippen molar-refractivity contribution in [3.63, 3.8) is 0 Å². The molecule has 0 aromatic rings. The van der Waals surface area contributed by atoms with Crippen molar-refractivity contribution >= 4 is 14.2 Å². The Morgan fingerprint density at radius 1 is 1.53 bits per heavy atom. The fraction of sp³-hybridized carbons (Fsp3) is 0.900. The van der Waals surface area contributed by atoms with Gasteiger partial charge in [-0.2, -0.15) is 0 Å². The Labute approximate surface area is 107 Å². The molecule has 84 valence electrons. The topological polar surface area (TPSA) is 41.9 Å². The molecule has 1 amide bonds. The van der Waals surface area contributed by atoms with Gasteiger partial charge in [-0.1, -0.05) is 0 Å². The average molecular weight is 421 g/mol. The molecule has 0 spiro atoms. The van der Waals surface area contributed by atoms with Crippen molar-refractivity contribution in [1.29, 1.82) is 0 Å². The maximum absolute atomic E-state index is 11.5. The van der Waals surface area contributed by atoms with E-state index in [1.54, 1.807) is 7.11 Å². The first-order valence-electron chi connectivity index (χ1n) is 5.69. The van der Waals surface area contributed by atoms with Gasteiger partial charge in [-0.25, -0.2) is 0 Å².